The van der Waals surface area contributed by atoms with Gasteiger partial charge in [-0.15, -0.1) is 0 Å². The maximum atomic E-state index is 12.8. The number of carbonyl (C=O) groups excluding carboxylic acids is 3. The molecule has 0 aliphatic rings. The molecule has 0 fully saturated rings. The van der Waals surface area contributed by atoms with E-state index in [9.17, 15) is 29.1 Å². The third-order valence-electron chi connectivity index (χ3n) is 4.84. The van der Waals surface area contributed by atoms with Gasteiger partial charge < -0.3 is 37.6 Å². The van der Waals surface area contributed by atoms with Crippen LogP contribution in [0, 0.1) is 5.92 Å². The summed E-state index contributed by atoms with van der Waals surface area (Å²) in [4.78, 5) is 60.5. The van der Waals surface area contributed by atoms with Crippen molar-refractivity contribution in [2.45, 2.75) is 70.1 Å². The molecule has 0 aromatic heterocycles. The van der Waals surface area contributed by atoms with E-state index in [2.05, 4.69) is 16.0 Å². The molecule has 12 nitrogen and oxygen atoms in total. The van der Waals surface area contributed by atoms with Crippen molar-refractivity contribution in [3.63, 3.8) is 0 Å². The van der Waals surface area contributed by atoms with Crippen LogP contribution in [0.3, 0.4) is 0 Å². The quantitative estimate of drug-likeness (QED) is 0.121. The molecule has 0 saturated heterocycles. The van der Waals surface area contributed by atoms with Crippen LogP contribution in [0.1, 0.15) is 46.0 Å². The summed E-state index contributed by atoms with van der Waals surface area (Å²) in [6.45, 7) is 3.76. The lowest BCUT2D eigenvalue weighted by Crippen LogP contribution is -2.58. The molecule has 0 aromatic rings. The summed E-state index contributed by atoms with van der Waals surface area (Å²) in [5.41, 5.74) is 11.3. The van der Waals surface area contributed by atoms with Crippen LogP contribution in [-0.4, -0.2) is 82.6 Å². The zero-order valence-electron chi connectivity index (χ0n) is 19.3. The molecule has 33 heavy (non-hydrogen) atoms. The summed E-state index contributed by atoms with van der Waals surface area (Å²) in [7, 11) is 0. The standard InChI is InChI=1S/C20H37N5O7S/c1-11(2)16(22)19(30)25-14(10-15(26)27)18(29)23-12(6-4-5-8-21)17(28)24-13(20(31)32)7-9-33-3/h11-14,16H,4-10,21-22H2,1-3H3,(H,23,29)(H,24,28)(H,25,30)(H,26,27)(H,31,32). The number of thioether (sulfide) groups is 1. The highest BCUT2D eigenvalue weighted by Crippen LogP contribution is 2.07. The maximum absolute atomic E-state index is 12.8. The summed E-state index contributed by atoms with van der Waals surface area (Å²) < 4.78 is 0. The van der Waals surface area contributed by atoms with Crippen molar-refractivity contribution in [1.29, 1.82) is 0 Å². The van der Waals surface area contributed by atoms with Crippen molar-refractivity contribution in [1.82, 2.24) is 16.0 Å². The monoisotopic (exact) mass is 491 g/mol. The molecule has 4 atom stereocenters. The largest absolute Gasteiger partial charge is 0.481 e. The van der Waals surface area contributed by atoms with E-state index in [0.29, 0.717) is 25.1 Å². The van der Waals surface area contributed by atoms with Crippen molar-refractivity contribution in [2.24, 2.45) is 17.4 Å². The number of hydrogen-bond donors (Lipinski definition) is 7. The van der Waals surface area contributed by atoms with Crippen LogP contribution >= 0.6 is 11.8 Å². The molecule has 3 amide bonds. The zero-order valence-corrected chi connectivity index (χ0v) is 20.2. The van der Waals surface area contributed by atoms with Gasteiger partial charge in [0.2, 0.25) is 17.7 Å². The number of amides is 3. The van der Waals surface area contributed by atoms with Crippen LogP contribution in [0.15, 0.2) is 0 Å². The van der Waals surface area contributed by atoms with Gasteiger partial charge in [0.05, 0.1) is 12.5 Å². The Kier molecular flexibility index (Phi) is 15.1. The predicted molar refractivity (Wildman–Crippen MR) is 124 cm³/mol. The fourth-order valence-corrected chi connectivity index (χ4v) is 3.23. The highest BCUT2D eigenvalue weighted by atomic mass is 32.2. The van der Waals surface area contributed by atoms with Gasteiger partial charge in [0.25, 0.3) is 0 Å². The molecule has 0 radical (unpaired) electrons. The zero-order chi connectivity index (χ0) is 25.6. The predicted octanol–water partition coefficient (Wildman–Crippen LogP) is -1.13. The lowest BCUT2D eigenvalue weighted by Gasteiger charge is -2.25. The van der Waals surface area contributed by atoms with Gasteiger partial charge in [0.15, 0.2) is 0 Å². The van der Waals surface area contributed by atoms with Crippen LogP contribution in [0.25, 0.3) is 0 Å². The van der Waals surface area contributed by atoms with Crippen LogP contribution < -0.4 is 27.4 Å². The number of aliphatic carboxylic acids is 2. The Labute approximate surface area is 198 Å². The SMILES string of the molecule is CSCCC(NC(=O)C(CCCCN)NC(=O)C(CC(=O)O)NC(=O)C(N)C(C)C)C(=O)O. The third kappa shape index (κ3) is 12.4. The second kappa shape index (κ2) is 16.3. The number of unbranched alkanes of at least 4 members (excludes halogenated alkanes) is 1. The summed E-state index contributed by atoms with van der Waals surface area (Å²) >= 11 is 1.43. The highest BCUT2D eigenvalue weighted by Gasteiger charge is 2.31. The number of carbonyl (C=O) groups is 5. The van der Waals surface area contributed by atoms with Gasteiger partial charge in [-0.1, -0.05) is 13.8 Å². The van der Waals surface area contributed by atoms with Gasteiger partial charge in [-0.05, 0) is 50.2 Å². The molecular formula is C20H37N5O7S. The second-order valence-electron chi connectivity index (χ2n) is 7.96. The van der Waals surface area contributed by atoms with Gasteiger partial charge in [-0.2, -0.15) is 11.8 Å². The van der Waals surface area contributed by atoms with E-state index >= 15 is 0 Å². The summed E-state index contributed by atoms with van der Waals surface area (Å²) in [6, 6.07) is -4.69. The maximum Gasteiger partial charge on any atom is 0.326 e. The van der Waals surface area contributed by atoms with Gasteiger partial charge in [-0.3, -0.25) is 19.2 Å². The number of nitrogens with one attached hydrogen (secondary N) is 3. The molecule has 0 spiro atoms. The number of rotatable bonds is 17. The first kappa shape index (κ1) is 30.6. The first-order valence-electron chi connectivity index (χ1n) is 10.7. The smallest absolute Gasteiger partial charge is 0.326 e. The average molecular weight is 492 g/mol. The van der Waals surface area contributed by atoms with Gasteiger partial charge in [-0.25, -0.2) is 4.79 Å². The first-order valence-corrected chi connectivity index (χ1v) is 12.1. The van der Waals surface area contributed by atoms with Crippen LogP contribution in [0.4, 0.5) is 0 Å². The summed E-state index contributed by atoms with van der Waals surface area (Å²) in [5.74, 6) is -4.58. The van der Waals surface area contributed by atoms with E-state index in [4.69, 9.17) is 16.6 Å². The summed E-state index contributed by atoms with van der Waals surface area (Å²) in [6.07, 6.45) is 2.46. The number of carboxylic acids is 2. The fourth-order valence-electron chi connectivity index (χ4n) is 2.75. The Bertz CT molecular complexity index is 677. The lowest BCUT2D eigenvalue weighted by molar-refractivity contribution is -0.143. The Morgan fingerprint density at radius 2 is 1.39 bits per heavy atom. The van der Waals surface area contributed by atoms with Crippen molar-refractivity contribution < 1.29 is 34.2 Å². The second-order valence-corrected chi connectivity index (χ2v) is 8.94. The molecule has 0 aliphatic heterocycles. The van der Waals surface area contributed by atoms with Crippen molar-refractivity contribution in [3.05, 3.63) is 0 Å². The Balaban J connectivity index is 5.50. The van der Waals surface area contributed by atoms with Crippen LogP contribution in [-0.2, 0) is 24.0 Å². The van der Waals surface area contributed by atoms with Gasteiger partial charge >= 0.3 is 11.9 Å². The van der Waals surface area contributed by atoms with E-state index < -0.39 is 60.2 Å². The molecule has 0 rings (SSSR count). The fraction of sp³-hybridized carbons (Fsp3) is 0.750. The van der Waals surface area contributed by atoms with Crippen LogP contribution in [0.5, 0.6) is 0 Å². The minimum Gasteiger partial charge on any atom is -0.481 e. The number of nitrogens with two attached hydrogens (primary N) is 2. The topological polar surface area (TPSA) is 214 Å². The normalized spacial score (nSPS) is 14.6. The minimum atomic E-state index is -1.46. The number of hydrogen-bond acceptors (Lipinski definition) is 8. The van der Waals surface area contributed by atoms with Gasteiger partial charge in [0.1, 0.15) is 18.1 Å². The Morgan fingerprint density at radius 3 is 1.88 bits per heavy atom. The molecule has 0 aromatic carbocycles. The number of carboxylic acid groups (broad SMARTS) is 2. The van der Waals surface area contributed by atoms with Crippen LogP contribution in [0.2, 0.25) is 0 Å². The highest BCUT2D eigenvalue weighted by molar-refractivity contribution is 7.98. The molecule has 9 N–H and O–H groups in total. The Morgan fingerprint density at radius 1 is 0.848 bits per heavy atom. The van der Waals surface area contributed by atoms with Gasteiger partial charge in [0, 0.05) is 0 Å². The average Bonchev–Trinajstić information content (AvgIpc) is 2.73. The minimum absolute atomic E-state index is 0.156. The molecule has 13 heteroatoms. The first-order chi connectivity index (χ1) is 15.4. The molecule has 0 bridgehead atoms. The molecule has 4 unspecified atom stereocenters. The third-order valence-corrected chi connectivity index (χ3v) is 5.48. The molecule has 0 saturated carbocycles. The lowest BCUT2D eigenvalue weighted by atomic mass is 10.0. The Hall–Kier alpha value is -2.38. The van der Waals surface area contributed by atoms with Crippen molar-refractivity contribution in [3.8, 4) is 0 Å². The van der Waals surface area contributed by atoms with E-state index in [0.717, 1.165) is 0 Å². The molecule has 190 valence electrons. The van der Waals surface area contributed by atoms with E-state index in [-0.39, 0.29) is 18.8 Å². The molecular weight excluding hydrogens is 454 g/mol. The van der Waals surface area contributed by atoms with E-state index in [1.54, 1.807) is 20.1 Å². The van der Waals surface area contributed by atoms with Crippen molar-refractivity contribution in [2.75, 3.05) is 18.6 Å². The van der Waals surface area contributed by atoms with E-state index in [1.807, 2.05) is 0 Å². The summed E-state index contributed by atoms with van der Waals surface area (Å²) in [5, 5.41) is 25.7. The molecule has 0 heterocycles. The van der Waals surface area contributed by atoms with Crippen molar-refractivity contribution >= 4 is 41.4 Å². The molecule has 0 aliphatic carbocycles. The van der Waals surface area contributed by atoms with E-state index in [1.165, 1.54) is 11.8 Å².